The Morgan fingerprint density at radius 3 is 2.43 bits per heavy atom. The molecule has 0 aromatic heterocycles. The molecule has 1 saturated carbocycles. The fraction of sp³-hybridized carbons (Fsp3) is 0.900. The number of carbonyl (C=O) groups is 1. The van der Waals surface area contributed by atoms with Crippen LogP contribution >= 0.6 is 0 Å². The van der Waals surface area contributed by atoms with Gasteiger partial charge in [0, 0.05) is 13.2 Å². The highest BCUT2D eigenvalue weighted by Crippen LogP contribution is 2.35. The molecule has 2 rings (SSSR count). The average Bonchev–Trinajstić information content (AvgIpc) is 2.99. The first-order valence-electron chi connectivity index (χ1n) is 5.23. The Kier molecular flexibility index (Phi) is 3.03. The standard InChI is InChI=1S/C10H16O4/c11-10(12)9(7-1-2-7)14-8-3-5-13-6-4-8/h7-9H,1-6H2,(H,11,12). The van der Waals surface area contributed by atoms with Gasteiger partial charge in [-0.25, -0.2) is 4.79 Å². The summed E-state index contributed by atoms with van der Waals surface area (Å²) in [6, 6.07) is 0. The molecule has 2 aliphatic rings. The zero-order valence-corrected chi connectivity index (χ0v) is 8.15. The molecule has 0 spiro atoms. The summed E-state index contributed by atoms with van der Waals surface area (Å²) in [5.41, 5.74) is 0. The Bertz CT molecular complexity index is 206. The van der Waals surface area contributed by atoms with Gasteiger partial charge in [0.05, 0.1) is 6.10 Å². The van der Waals surface area contributed by atoms with E-state index < -0.39 is 12.1 Å². The van der Waals surface area contributed by atoms with E-state index in [0.29, 0.717) is 13.2 Å². The second-order valence-corrected chi connectivity index (χ2v) is 4.04. The molecule has 0 radical (unpaired) electrons. The Morgan fingerprint density at radius 2 is 1.93 bits per heavy atom. The fourth-order valence-electron chi connectivity index (χ4n) is 1.79. The van der Waals surface area contributed by atoms with Crippen molar-refractivity contribution in [3.63, 3.8) is 0 Å². The molecule has 1 N–H and O–H groups in total. The first-order valence-corrected chi connectivity index (χ1v) is 5.23. The van der Waals surface area contributed by atoms with Crippen molar-refractivity contribution < 1.29 is 19.4 Å². The summed E-state index contributed by atoms with van der Waals surface area (Å²) < 4.78 is 10.8. The molecule has 0 amide bonds. The summed E-state index contributed by atoms with van der Waals surface area (Å²) >= 11 is 0. The predicted octanol–water partition coefficient (Wildman–Crippen LogP) is 1.05. The smallest absolute Gasteiger partial charge is 0.333 e. The van der Waals surface area contributed by atoms with E-state index in [1.54, 1.807) is 0 Å². The maximum atomic E-state index is 10.9. The molecule has 1 aliphatic heterocycles. The summed E-state index contributed by atoms with van der Waals surface area (Å²) in [7, 11) is 0. The van der Waals surface area contributed by atoms with E-state index in [9.17, 15) is 4.79 Å². The van der Waals surface area contributed by atoms with Gasteiger partial charge in [-0.3, -0.25) is 0 Å². The van der Waals surface area contributed by atoms with Crippen LogP contribution in [0.5, 0.6) is 0 Å². The number of hydrogen-bond donors (Lipinski definition) is 1. The van der Waals surface area contributed by atoms with Crippen LogP contribution in [-0.4, -0.2) is 36.5 Å². The maximum Gasteiger partial charge on any atom is 0.333 e. The molecule has 4 nitrogen and oxygen atoms in total. The third-order valence-corrected chi connectivity index (χ3v) is 2.80. The van der Waals surface area contributed by atoms with Crippen molar-refractivity contribution in [2.24, 2.45) is 5.92 Å². The van der Waals surface area contributed by atoms with Crippen molar-refractivity contribution in [2.45, 2.75) is 37.9 Å². The van der Waals surface area contributed by atoms with Crippen LogP contribution < -0.4 is 0 Å². The van der Waals surface area contributed by atoms with Gasteiger partial charge in [0.2, 0.25) is 0 Å². The van der Waals surface area contributed by atoms with Crippen LogP contribution in [0.25, 0.3) is 0 Å². The molecule has 1 atom stereocenters. The predicted molar refractivity (Wildman–Crippen MR) is 49.1 cm³/mol. The largest absolute Gasteiger partial charge is 0.479 e. The van der Waals surface area contributed by atoms with Crippen LogP contribution in [0.1, 0.15) is 25.7 Å². The first-order chi connectivity index (χ1) is 6.77. The fourth-order valence-corrected chi connectivity index (χ4v) is 1.79. The molecule has 1 heterocycles. The second kappa shape index (κ2) is 4.28. The minimum Gasteiger partial charge on any atom is -0.479 e. The number of ether oxygens (including phenoxy) is 2. The SMILES string of the molecule is O=C(O)C(OC1CCOCC1)C1CC1. The normalized spacial score (nSPS) is 26.0. The van der Waals surface area contributed by atoms with E-state index in [1.165, 1.54) is 0 Å². The number of carboxylic acid groups (broad SMARTS) is 1. The zero-order chi connectivity index (χ0) is 9.97. The molecule has 0 aromatic carbocycles. The third-order valence-electron chi connectivity index (χ3n) is 2.80. The molecular weight excluding hydrogens is 184 g/mol. The van der Waals surface area contributed by atoms with Crippen LogP contribution in [0.4, 0.5) is 0 Å². The van der Waals surface area contributed by atoms with E-state index in [-0.39, 0.29) is 12.0 Å². The quantitative estimate of drug-likeness (QED) is 0.736. The molecule has 14 heavy (non-hydrogen) atoms. The van der Waals surface area contributed by atoms with Gasteiger partial charge in [0.25, 0.3) is 0 Å². The molecule has 0 bridgehead atoms. The lowest BCUT2D eigenvalue weighted by atomic mass is 10.1. The summed E-state index contributed by atoms with van der Waals surface area (Å²) in [5.74, 6) is -0.547. The molecule has 80 valence electrons. The van der Waals surface area contributed by atoms with Crippen molar-refractivity contribution in [3.05, 3.63) is 0 Å². The summed E-state index contributed by atoms with van der Waals surface area (Å²) in [5, 5.41) is 8.96. The van der Waals surface area contributed by atoms with Gasteiger partial charge < -0.3 is 14.6 Å². The highest BCUT2D eigenvalue weighted by Gasteiger charge is 2.38. The molecular formula is C10H16O4. The van der Waals surface area contributed by atoms with Crippen LogP contribution in [-0.2, 0) is 14.3 Å². The monoisotopic (exact) mass is 200 g/mol. The Hall–Kier alpha value is -0.610. The molecule has 2 fully saturated rings. The van der Waals surface area contributed by atoms with Crippen molar-refractivity contribution in [1.82, 2.24) is 0 Å². The number of hydrogen-bond acceptors (Lipinski definition) is 3. The van der Waals surface area contributed by atoms with Crippen molar-refractivity contribution in [1.29, 1.82) is 0 Å². The molecule has 0 aromatic rings. The van der Waals surface area contributed by atoms with E-state index in [0.717, 1.165) is 25.7 Å². The average molecular weight is 200 g/mol. The topological polar surface area (TPSA) is 55.8 Å². The minimum absolute atomic E-state index is 0.0884. The van der Waals surface area contributed by atoms with E-state index in [2.05, 4.69) is 0 Å². The second-order valence-electron chi connectivity index (χ2n) is 4.04. The summed E-state index contributed by atoms with van der Waals surface area (Å²) in [6.07, 6.45) is 3.18. The lowest BCUT2D eigenvalue weighted by Gasteiger charge is -2.25. The van der Waals surface area contributed by atoms with E-state index >= 15 is 0 Å². The van der Waals surface area contributed by atoms with Gasteiger partial charge in [0.15, 0.2) is 6.10 Å². The molecule has 4 heteroatoms. The third kappa shape index (κ3) is 2.45. The number of aliphatic carboxylic acids is 1. The number of carboxylic acids is 1. The van der Waals surface area contributed by atoms with Crippen molar-refractivity contribution in [2.75, 3.05) is 13.2 Å². The van der Waals surface area contributed by atoms with Crippen molar-refractivity contribution in [3.8, 4) is 0 Å². The Balaban J connectivity index is 1.82. The highest BCUT2D eigenvalue weighted by molar-refractivity contribution is 5.73. The molecule has 1 saturated heterocycles. The maximum absolute atomic E-state index is 10.9. The van der Waals surface area contributed by atoms with Gasteiger partial charge >= 0.3 is 5.97 Å². The van der Waals surface area contributed by atoms with Gasteiger partial charge in [-0.2, -0.15) is 0 Å². The highest BCUT2D eigenvalue weighted by atomic mass is 16.5. The van der Waals surface area contributed by atoms with Crippen LogP contribution in [0, 0.1) is 5.92 Å². The van der Waals surface area contributed by atoms with Gasteiger partial charge in [-0.05, 0) is 31.6 Å². The lowest BCUT2D eigenvalue weighted by molar-refractivity contribution is -0.160. The lowest BCUT2D eigenvalue weighted by Crippen LogP contribution is -2.34. The first kappa shape index (κ1) is 9.93. The zero-order valence-electron chi connectivity index (χ0n) is 8.15. The van der Waals surface area contributed by atoms with Crippen LogP contribution in [0.3, 0.4) is 0 Å². The van der Waals surface area contributed by atoms with Crippen LogP contribution in [0.15, 0.2) is 0 Å². The summed E-state index contributed by atoms with van der Waals surface area (Å²) in [6.45, 7) is 1.39. The Labute approximate surface area is 83.2 Å². The van der Waals surface area contributed by atoms with Gasteiger partial charge in [-0.1, -0.05) is 0 Å². The Morgan fingerprint density at radius 1 is 1.29 bits per heavy atom. The van der Waals surface area contributed by atoms with Gasteiger partial charge in [-0.15, -0.1) is 0 Å². The van der Waals surface area contributed by atoms with Crippen molar-refractivity contribution >= 4 is 5.97 Å². The summed E-state index contributed by atoms with van der Waals surface area (Å²) in [4.78, 5) is 10.9. The van der Waals surface area contributed by atoms with E-state index in [4.69, 9.17) is 14.6 Å². The molecule has 1 unspecified atom stereocenters. The van der Waals surface area contributed by atoms with E-state index in [1.807, 2.05) is 0 Å². The van der Waals surface area contributed by atoms with Gasteiger partial charge in [0.1, 0.15) is 0 Å². The van der Waals surface area contributed by atoms with Crippen LogP contribution in [0.2, 0.25) is 0 Å². The minimum atomic E-state index is -0.806. The molecule has 1 aliphatic carbocycles. The number of rotatable bonds is 4.